The van der Waals surface area contributed by atoms with E-state index in [2.05, 4.69) is 15.5 Å². The number of Topliss-reactive ketones (excluding diaryl/α,β-unsaturated/α-hetero) is 1. The van der Waals surface area contributed by atoms with Crippen molar-refractivity contribution >= 4 is 17.3 Å². The summed E-state index contributed by atoms with van der Waals surface area (Å²) in [5, 5.41) is 11.8. The van der Waals surface area contributed by atoms with Gasteiger partial charge in [-0.25, -0.2) is 0 Å². The first kappa shape index (κ1) is 20.6. The summed E-state index contributed by atoms with van der Waals surface area (Å²) in [6.07, 6.45) is -0.459. The molecule has 4 aromatic rings. The van der Waals surface area contributed by atoms with E-state index in [9.17, 15) is 4.79 Å². The number of benzene rings is 3. The lowest BCUT2D eigenvalue weighted by Gasteiger charge is -2.14. The van der Waals surface area contributed by atoms with E-state index in [1.807, 2.05) is 91.0 Å². The van der Waals surface area contributed by atoms with Crippen molar-refractivity contribution in [1.82, 2.24) is 10.2 Å². The monoisotopic (exact) mass is 434 g/mol. The molecule has 0 fully saturated rings. The number of hydrogen-bond acceptors (Lipinski definition) is 6. The van der Waals surface area contributed by atoms with Crippen LogP contribution in [0.5, 0.6) is 5.75 Å². The lowest BCUT2D eigenvalue weighted by atomic mass is 9.96. The Labute approximate surface area is 192 Å². The van der Waals surface area contributed by atoms with Gasteiger partial charge in [0.25, 0.3) is 0 Å². The van der Waals surface area contributed by atoms with E-state index in [0.29, 0.717) is 12.2 Å². The highest BCUT2D eigenvalue weighted by molar-refractivity contribution is 6.16. The second kappa shape index (κ2) is 9.04. The van der Waals surface area contributed by atoms with Gasteiger partial charge >= 0.3 is 0 Å². The number of ether oxygens (including phenoxy) is 1. The van der Waals surface area contributed by atoms with Gasteiger partial charge in [-0.1, -0.05) is 54.6 Å². The predicted molar refractivity (Wildman–Crippen MR) is 129 cm³/mol. The van der Waals surface area contributed by atoms with Gasteiger partial charge in [0.05, 0.1) is 18.5 Å². The third kappa shape index (κ3) is 4.36. The van der Waals surface area contributed by atoms with E-state index in [1.165, 1.54) is 0 Å². The quantitative estimate of drug-likeness (QED) is 0.499. The van der Waals surface area contributed by atoms with Crippen LogP contribution >= 0.6 is 0 Å². The van der Waals surface area contributed by atoms with E-state index < -0.39 is 6.17 Å². The number of nitrogens with one attached hydrogen (secondary N) is 1. The average Bonchev–Trinajstić information content (AvgIpc) is 3.01. The Morgan fingerprint density at radius 3 is 2.30 bits per heavy atom. The fourth-order valence-corrected chi connectivity index (χ4v) is 3.86. The van der Waals surface area contributed by atoms with Crippen molar-refractivity contribution in [2.24, 2.45) is 4.99 Å². The molecule has 1 aliphatic rings. The largest absolute Gasteiger partial charge is 0.497 e. The highest BCUT2D eigenvalue weighted by Crippen LogP contribution is 2.24. The molecule has 1 atom stereocenters. The second-order valence-corrected chi connectivity index (χ2v) is 7.72. The zero-order valence-electron chi connectivity index (χ0n) is 18.1. The Bertz CT molecular complexity index is 1300. The SMILES string of the molecule is COc1ccc(-c2ccc(NC3N=C(c4ccccc4)c4ccccc4CC3=O)nn2)cc1. The van der Waals surface area contributed by atoms with Crippen molar-refractivity contribution in [1.29, 1.82) is 0 Å². The zero-order chi connectivity index (χ0) is 22.6. The third-order valence-electron chi connectivity index (χ3n) is 5.58. The third-order valence-corrected chi connectivity index (χ3v) is 5.58. The first-order chi connectivity index (χ1) is 16.2. The minimum Gasteiger partial charge on any atom is -0.497 e. The molecule has 1 N–H and O–H groups in total. The van der Waals surface area contributed by atoms with Crippen molar-refractivity contribution in [3.63, 3.8) is 0 Å². The van der Waals surface area contributed by atoms with E-state index in [-0.39, 0.29) is 5.78 Å². The first-order valence-electron chi connectivity index (χ1n) is 10.7. The summed E-state index contributed by atoms with van der Waals surface area (Å²) in [5.74, 6) is 1.26. The Balaban J connectivity index is 1.44. The maximum Gasteiger partial charge on any atom is 0.181 e. The summed E-state index contributed by atoms with van der Waals surface area (Å²) >= 11 is 0. The molecule has 1 unspecified atom stereocenters. The number of carbonyl (C=O) groups excluding carboxylic acids is 1. The van der Waals surface area contributed by atoms with Crippen LogP contribution in [0.15, 0.2) is 96.0 Å². The van der Waals surface area contributed by atoms with E-state index >= 15 is 0 Å². The van der Waals surface area contributed by atoms with Gasteiger partial charge in [-0.15, -0.1) is 10.2 Å². The summed E-state index contributed by atoms with van der Waals surface area (Å²) < 4.78 is 5.20. The van der Waals surface area contributed by atoms with Gasteiger partial charge in [-0.2, -0.15) is 0 Å². The van der Waals surface area contributed by atoms with Crippen LogP contribution in [0, 0.1) is 0 Å². The molecule has 5 rings (SSSR count). The summed E-state index contributed by atoms with van der Waals surface area (Å²) in [6, 6.07) is 29.1. The molecule has 33 heavy (non-hydrogen) atoms. The molecule has 1 aliphatic heterocycles. The van der Waals surface area contributed by atoms with Crippen LogP contribution in [0.1, 0.15) is 16.7 Å². The van der Waals surface area contributed by atoms with Crippen LogP contribution in [0.25, 0.3) is 11.3 Å². The number of aliphatic imine (C=N–C) groups is 1. The molecule has 0 aliphatic carbocycles. The van der Waals surface area contributed by atoms with E-state index in [0.717, 1.165) is 39.4 Å². The van der Waals surface area contributed by atoms with Gasteiger partial charge in [0.15, 0.2) is 17.8 Å². The molecule has 1 aromatic heterocycles. The Morgan fingerprint density at radius 1 is 0.818 bits per heavy atom. The van der Waals surface area contributed by atoms with Crippen LogP contribution in [0.3, 0.4) is 0 Å². The van der Waals surface area contributed by atoms with Crippen molar-refractivity contribution < 1.29 is 9.53 Å². The Kier molecular flexibility index (Phi) is 5.64. The number of ketones is 1. The smallest absolute Gasteiger partial charge is 0.181 e. The van der Waals surface area contributed by atoms with Crippen LogP contribution in [0.4, 0.5) is 5.82 Å². The number of fused-ring (bicyclic) bond motifs is 1. The lowest BCUT2D eigenvalue weighted by Crippen LogP contribution is -2.29. The van der Waals surface area contributed by atoms with Gasteiger partial charge in [0.2, 0.25) is 0 Å². The molecule has 0 spiro atoms. The summed E-state index contributed by atoms with van der Waals surface area (Å²) in [5.41, 5.74) is 5.36. The van der Waals surface area contributed by atoms with Gasteiger partial charge in [-0.05, 0) is 42.0 Å². The van der Waals surface area contributed by atoms with Crippen molar-refractivity contribution in [2.45, 2.75) is 12.6 Å². The van der Waals surface area contributed by atoms with Gasteiger partial charge in [0.1, 0.15) is 5.75 Å². The molecule has 0 amide bonds. The van der Waals surface area contributed by atoms with E-state index in [4.69, 9.17) is 9.73 Å². The Hall–Kier alpha value is -4.32. The lowest BCUT2D eigenvalue weighted by molar-refractivity contribution is -0.118. The van der Waals surface area contributed by atoms with Gasteiger partial charge in [-0.3, -0.25) is 9.79 Å². The maximum absolute atomic E-state index is 13.1. The second-order valence-electron chi connectivity index (χ2n) is 7.72. The van der Waals surface area contributed by atoms with Crippen LogP contribution < -0.4 is 10.1 Å². The molecule has 0 saturated carbocycles. The molecule has 3 aromatic carbocycles. The standard InChI is InChI=1S/C27H22N4O2/c1-33-21-13-11-18(12-14-21)23-15-16-25(31-30-23)28-27-24(32)17-20-9-5-6-10-22(20)26(29-27)19-7-3-2-4-8-19/h2-16,27H,17H2,1H3,(H,28,31). The maximum atomic E-state index is 13.1. The minimum absolute atomic E-state index is 0.0191. The van der Waals surface area contributed by atoms with Crippen LogP contribution in [-0.2, 0) is 11.2 Å². The number of rotatable bonds is 5. The fourth-order valence-electron chi connectivity index (χ4n) is 3.86. The molecule has 162 valence electrons. The predicted octanol–water partition coefficient (Wildman–Crippen LogP) is 4.55. The number of aromatic nitrogens is 2. The zero-order valence-corrected chi connectivity index (χ0v) is 18.1. The minimum atomic E-state index is -0.756. The van der Waals surface area contributed by atoms with Gasteiger partial charge < -0.3 is 10.1 Å². The number of anilines is 1. The average molecular weight is 434 g/mol. The molecular formula is C27H22N4O2. The first-order valence-corrected chi connectivity index (χ1v) is 10.7. The highest BCUT2D eigenvalue weighted by atomic mass is 16.5. The molecule has 0 radical (unpaired) electrons. The summed E-state index contributed by atoms with van der Waals surface area (Å²) in [7, 11) is 1.63. The van der Waals surface area contributed by atoms with Crippen molar-refractivity contribution in [3.05, 3.63) is 108 Å². The molecular weight excluding hydrogens is 412 g/mol. The normalized spacial score (nSPS) is 15.2. The molecule has 0 saturated heterocycles. The van der Waals surface area contributed by atoms with Crippen molar-refractivity contribution in [3.8, 4) is 17.0 Å². The van der Waals surface area contributed by atoms with Crippen LogP contribution in [-0.4, -0.2) is 35.0 Å². The number of carbonyl (C=O) groups is 1. The van der Waals surface area contributed by atoms with Crippen LogP contribution in [0.2, 0.25) is 0 Å². The summed E-state index contributed by atoms with van der Waals surface area (Å²) in [4.78, 5) is 17.9. The van der Waals surface area contributed by atoms with E-state index in [1.54, 1.807) is 7.11 Å². The topological polar surface area (TPSA) is 76.5 Å². The van der Waals surface area contributed by atoms with Gasteiger partial charge in [0, 0.05) is 23.1 Å². The molecule has 6 heteroatoms. The Morgan fingerprint density at radius 2 is 1.58 bits per heavy atom. The number of hydrogen-bond donors (Lipinski definition) is 1. The van der Waals surface area contributed by atoms with Crippen molar-refractivity contribution in [2.75, 3.05) is 12.4 Å². The molecule has 0 bridgehead atoms. The highest BCUT2D eigenvalue weighted by Gasteiger charge is 2.26. The number of nitrogens with zero attached hydrogens (tertiary/aromatic N) is 3. The fraction of sp³-hybridized carbons (Fsp3) is 0.111. The molecule has 6 nitrogen and oxygen atoms in total. The number of methoxy groups -OCH3 is 1. The molecule has 2 heterocycles. The summed E-state index contributed by atoms with van der Waals surface area (Å²) in [6.45, 7) is 0.